The standard InChI is InChI=1S/C18H28N2O2/c21-16(9-8-14-5-1-2-6-14)19-13-18-11-4-3-7-15(18)20-17(22)10-12-18/h7,14H,1-6,8-13H2,(H,19,21)(H,20,22). The van der Waals surface area contributed by atoms with E-state index in [0.717, 1.165) is 43.7 Å². The van der Waals surface area contributed by atoms with Crippen molar-refractivity contribution in [3.05, 3.63) is 11.8 Å². The van der Waals surface area contributed by atoms with E-state index in [-0.39, 0.29) is 17.2 Å². The van der Waals surface area contributed by atoms with Crippen molar-refractivity contribution in [2.75, 3.05) is 6.54 Å². The number of carbonyl (C=O) groups is 2. The molecule has 0 aromatic heterocycles. The number of nitrogens with one attached hydrogen (secondary N) is 2. The Balaban J connectivity index is 1.50. The number of fused-ring (bicyclic) bond motifs is 1. The van der Waals surface area contributed by atoms with Crippen molar-refractivity contribution in [3.8, 4) is 0 Å². The maximum atomic E-state index is 12.2. The molecule has 122 valence electrons. The summed E-state index contributed by atoms with van der Waals surface area (Å²) in [5.41, 5.74) is 1.04. The van der Waals surface area contributed by atoms with Crippen molar-refractivity contribution in [3.63, 3.8) is 0 Å². The Bertz CT molecular complexity index is 466. The number of rotatable bonds is 5. The van der Waals surface area contributed by atoms with Crippen LogP contribution in [0.4, 0.5) is 0 Å². The van der Waals surface area contributed by atoms with Crippen molar-refractivity contribution < 1.29 is 9.59 Å². The zero-order valence-corrected chi connectivity index (χ0v) is 13.5. The first kappa shape index (κ1) is 15.6. The zero-order valence-electron chi connectivity index (χ0n) is 13.5. The molecule has 3 aliphatic rings. The van der Waals surface area contributed by atoms with Gasteiger partial charge in [-0.1, -0.05) is 31.8 Å². The van der Waals surface area contributed by atoms with Gasteiger partial charge >= 0.3 is 0 Å². The van der Waals surface area contributed by atoms with Gasteiger partial charge in [-0.05, 0) is 38.0 Å². The summed E-state index contributed by atoms with van der Waals surface area (Å²) in [4.78, 5) is 23.8. The summed E-state index contributed by atoms with van der Waals surface area (Å²) in [5, 5.41) is 6.18. The molecule has 22 heavy (non-hydrogen) atoms. The summed E-state index contributed by atoms with van der Waals surface area (Å²) in [7, 11) is 0. The average Bonchev–Trinajstić information content (AvgIpc) is 3.05. The number of piperidine rings is 1. The third kappa shape index (κ3) is 3.53. The van der Waals surface area contributed by atoms with Gasteiger partial charge in [-0.15, -0.1) is 0 Å². The summed E-state index contributed by atoms with van der Waals surface area (Å²) in [6.45, 7) is 0.683. The van der Waals surface area contributed by atoms with Crippen LogP contribution in [0.25, 0.3) is 0 Å². The quantitative estimate of drug-likeness (QED) is 0.820. The largest absolute Gasteiger partial charge is 0.355 e. The van der Waals surface area contributed by atoms with Crippen LogP contribution in [0.2, 0.25) is 0 Å². The van der Waals surface area contributed by atoms with E-state index in [4.69, 9.17) is 0 Å². The molecular weight excluding hydrogens is 276 g/mol. The van der Waals surface area contributed by atoms with E-state index in [0.29, 0.717) is 19.4 Å². The van der Waals surface area contributed by atoms with Crippen LogP contribution in [0, 0.1) is 11.3 Å². The minimum absolute atomic E-state index is 0.0187. The lowest BCUT2D eigenvalue weighted by Crippen LogP contribution is -2.48. The van der Waals surface area contributed by atoms with Crippen LogP contribution in [0.15, 0.2) is 11.8 Å². The number of amides is 2. The second-order valence-corrected chi connectivity index (χ2v) is 7.30. The van der Waals surface area contributed by atoms with Crippen LogP contribution in [0.5, 0.6) is 0 Å². The van der Waals surface area contributed by atoms with Gasteiger partial charge in [0.1, 0.15) is 0 Å². The highest BCUT2D eigenvalue weighted by atomic mass is 16.2. The molecule has 4 nitrogen and oxygen atoms in total. The van der Waals surface area contributed by atoms with E-state index in [1.54, 1.807) is 0 Å². The van der Waals surface area contributed by atoms with Crippen molar-refractivity contribution in [2.45, 2.75) is 70.6 Å². The Morgan fingerprint density at radius 2 is 2.09 bits per heavy atom. The molecule has 1 saturated heterocycles. The second kappa shape index (κ2) is 6.84. The summed E-state index contributed by atoms with van der Waals surface area (Å²) < 4.78 is 0. The summed E-state index contributed by atoms with van der Waals surface area (Å²) in [6, 6.07) is 0. The highest BCUT2D eigenvalue weighted by molar-refractivity contribution is 5.80. The molecule has 1 unspecified atom stereocenters. The van der Waals surface area contributed by atoms with Crippen molar-refractivity contribution >= 4 is 11.8 Å². The van der Waals surface area contributed by atoms with Gasteiger partial charge in [0, 0.05) is 30.5 Å². The van der Waals surface area contributed by atoms with Gasteiger partial charge in [-0.3, -0.25) is 9.59 Å². The topological polar surface area (TPSA) is 58.2 Å². The molecule has 4 heteroatoms. The highest BCUT2D eigenvalue weighted by Gasteiger charge is 2.40. The Hall–Kier alpha value is -1.32. The molecule has 2 amide bonds. The molecule has 1 saturated carbocycles. The third-order valence-corrected chi connectivity index (χ3v) is 5.76. The highest BCUT2D eigenvalue weighted by Crippen LogP contribution is 2.42. The SMILES string of the molecule is O=C(CCC1CCCC1)NCC12CCCC=C1NC(=O)CC2. The van der Waals surface area contributed by atoms with E-state index in [9.17, 15) is 9.59 Å². The minimum Gasteiger partial charge on any atom is -0.355 e. The lowest BCUT2D eigenvalue weighted by Gasteiger charge is -2.42. The van der Waals surface area contributed by atoms with E-state index in [1.165, 1.54) is 25.7 Å². The lowest BCUT2D eigenvalue weighted by atomic mass is 9.70. The molecule has 1 aliphatic heterocycles. The molecule has 2 aliphatic carbocycles. The number of hydrogen-bond donors (Lipinski definition) is 2. The summed E-state index contributed by atoms with van der Waals surface area (Å²) in [5.74, 6) is 1.07. The fourth-order valence-electron chi connectivity index (χ4n) is 4.31. The van der Waals surface area contributed by atoms with Gasteiger partial charge < -0.3 is 10.6 Å². The van der Waals surface area contributed by atoms with Gasteiger partial charge in [0.2, 0.25) is 11.8 Å². The molecule has 2 N–H and O–H groups in total. The first-order valence-electron chi connectivity index (χ1n) is 8.95. The van der Waals surface area contributed by atoms with E-state index in [1.807, 2.05) is 0 Å². The van der Waals surface area contributed by atoms with Crippen LogP contribution in [-0.4, -0.2) is 18.4 Å². The third-order valence-electron chi connectivity index (χ3n) is 5.76. The van der Waals surface area contributed by atoms with Crippen molar-refractivity contribution in [1.29, 1.82) is 0 Å². The smallest absolute Gasteiger partial charge is 0.224 e. The zero-order chi connectivity index (χ0) is 15.4. The molecule has 0 aromatic carbocycles. The maximum Gasteiger partial charge on any atom is 0.224 e. The number of hydrogen-bond acceptors (Lipinski definition) is 2. The molecular formula is C18H28N2O2. The summed E-state index contributed by atoms with van der Waals surface area (Å²) >= 11 is 0. The van der Waals surface area contributed by atoms with Gasteiger partial charge in [-0.25, -0.2) is 0 Å². The minimum atomic E-state index is -0.0187. The molecule has 1 heterocycles. The van der Waals surface area contributed by atoms with Crippen LogP contribution < -0.4 is 10.6 Å². The molecule has 2 fully saturated rings. The summed E-state index contributed by atoms with van der Waals surface area (Å²) in [6.07, 6.45) is 13.8. The molecule has 0 aromatic rings. The average molecular weight is 304 g/mol. The molecule has 1 atom stereocenters. The molecule has 0 bridgehead atoms. The molecule has 3 rings (SSSR count). The van der Waals surface area contributed by atoms with E-state index >= 15 is 0 Å². The molecule has 0 spiro atoms. The van der Waals surface area contributed by atoms with Gasteiger partial charge in [0.25, 0.3) is 0 Å². The van der Waals surface area contributed by atoms with E-state index in [2.05, 4.69) is 16.7 Å². The Morgan fingerprint density at radius 3 is 2.91 bits per heavy atom. The Kier molecular flexibility index (Phi) is 4.84. The van der Waals surface area contributed by atoms with Crippen LogP contribution in [-0.2, 0) is 9.59 Å². The van der Waals surface area contributed by atoms with Crippen molar-refractivity contribution in [2.24, 2.45) is 11.3 Å². The second-order valence-electron chi connectivity index (χ2n) is 7.30. The van der Waals surface area contributed by atoms with Crippen LogP contribution in [0.3, 0.4) is 0 Å². The maximum absolute atomic E-state index is 12.2. The number of allylic oxidation sites excluding steroid dienone is 1. The first-order chi connectivity index (χ1) is 10.7. The Labute approximate surface area is 133 Å². The Morgan fingerprint density at radius 1 is 1.27 bits per heavy atom. The predicted octanol–water partition coefficient (Wildman–Crippen LogP) is 3.04. The predicted molar refractivity (Wildman–Crippen MR) is 85.9 cm³/mol. The van der Waals surface area contributed by atoms with Crippen LogP contribution >= 0.6 is 0 Å². The van der Waals surface area contributed by atoms with Gasteiger partial charge in [0.05, 0.1) is 0 Å². The number of carbonyl (C=O) groups excluding carboxylic acids is 2. The van der Waals surface area contributed by atoms with Crippen LogP contribution in [0.1, 0.15) is 70.6 Å². The van der Waals surface area contributed by atoms with Gasteiger partial charge in [-0.2, -0.15) is 0 Å². The fraction of sp³-hybridized carbons (Fsp3) is 0.778. The monoisotopic (exact) mass is 304 g/mol. The van der Waals surface area contributed by atoms with Crippen molar-refractivity contribution in [1.82, 2.24) is 10.6 Å². The lowest BCUT2D eigenvalue weighted by molar-refractivity contribution is -0.123. The fourth-order valence-corrected chi connectivity index (χ4v) is 4.31. The van der Waals surface area contributed by atoms with Gasteiger partial charge in [0.15, 0.2) is 0 Å². The normalized spacial score (nSPS) is 28.7. The molecule has 0 radical (unpaired) electrons. The first-order valence-corrected chi connectivity index (χ1v) is 8.95. The van der Waals surface area contributed by atoms with E-state index < -0.39 is 0 Å².